The second-order valence-corrected chi connectivity index (χ2v) is 4.67. The molecular weight excluding hydrogens is 234 g/mol. The van der Waals surface area contributed by atoms with Gasteiger partial charge in [-0.05, 0) is 25.3 Å². The molecule has 3 rings (SSSR count). The topological polar surface area (TPSA) is 75.5 Å². The number of morpholine rings is 1. The fourth-order valence-corrected chi connectivity index (χ4v) is 2.89. The molecule has 2 fully saturated rings. The predicted octanol–water partition coefficient (Wildman–Crippen LogP) is 0.932. The third-order valence-electron chi connectivity index (χ3n) is 3.69. The van der Waals surface area contributed by atoms with Gasteiger partial charge in [-0.15, -0.1) is 5.10 Å². The lowest BCUT2D eigenvalue weighted by Crippen LogP contribution is -2.49. The van der Waals surface area contributed by atoms with E-state index in [2.05, 4.69) is 15.1 Å². The van der Waals surface area contributed by atoms with Gasteiger partial charge in [0.1, 0.15) is 5.56 Å². The zero-order valence-electron chi connectivity index (χ0n) is 9.95. The summed E-state index contributed by atoms with van der Waals surface area (Å²) in [4.78, 5) is 13.3. The summed E-state index contributed by atoms with van der Waals surface area (Å²) in [6.07, 6.45) is 4.82. The van der Waals surface area contributed by atoms with Crippen molar-refractivity contribution in [2.75, 3.05) is 18.1 Å². The number of anilines is 1. The van der Waals surface area contributed by atoms with Crippen molar-refractivity contribution in [3.63, 3.8) is 0 Å². The molecule has 0 spiro atoms. The number of carbonyl (C=O) groups is 1. The Morgan fingerprint density at radius 1 is 1.50 bits per heavy atom. The molecule has 1 aromatic heterocycles. The molecule has 0 bridgehead atoms. The molecule has 1 aromatic rings. The van der Waals surface area contributed by atoms with E-state index in [1.165, 1.54) is 12.3 Å². The van der Waals surface area contributed by atoms with E-state index in [0.717, 1.165) is 19.3 Å². The van der Waals surface area contributed by atoms with Gasteiger partial charge >= 0.3 is 5.97 Å². The first-order valence-corrected chi connectivity index (χ1v) is 6.20. The Morgan fingerprint density at radius 3 is 3.22 bits per heavy atom. The number of carboxylic acids is 1. The van der Waals surface area contributed by atoms with E-state index in [9.17, 15) is 9.90 Å². The van der Waals surface area contributed by atoms with Gasteiger partial charge in [-0.3, -0.25) is 0 Å². The number of nitrogens with zero attached hydrogens (tertiary/aromatic N) is 3. The third kappa shape index (κ3) is 1.82. The highest BCUT2D eigenvalue weighted by atomic mass is 16.5. The van der Waals surface area contributed by atoms with E-state index >= 15 is 0 Å². The summed E-state index contributed by atoms with van der Waals surface area (Å²) in [7, 11) is 0. The van der Waals surface area contributed by atoms with Crippen LogP contribution in [-0.2, 0) is 4.74 Å². The van der Waals surface area contributed by atoms with E-state index in [0.29, 0.717) is 19.0 Å². The second-order valence-electron chi connectivity index (χ2n) is 4.67. The van der Waals surface area contributed by atoms with Crippen molar-refractivity contribution in [3.8, 4) is 0 Å². The van der Waals surface area contributed by atoms with Crippen LogP contribution >= 0.6 is 0 Å². The maximum absolute atomic E-state index is 11.2. The van der Waals surface area contributed by atoms with Crippen molar-refractivity contribution in [2.45, 2.75) is 31.4 Å². The number of hydrogen-bond acceptors (Lipinski definition) is 5. The van der Waals surface area contributed by atoms with Crippen LogP contribution in [-0.4, -0.2) is 46.6 Å². The molecule has 6 heteroatoms. The Morgan fingerprint density at radius 2 is 2.39 bits per heavy atom. The maximum Gasteiger partial charge on any atom is 0.339 e. The van der Waals surface area contributed by atoms with Gasteiger partial charge < -0.3 is 14.7 Å². The average molecular weight is 249 g/mol. The van der Waals surface area contributed by atoms with E-state index < -0.39 is 5.97 Å². The molecule has 0 amide bonds. The quantitative estimate of drug-likeness (QED) is 0.840. The highest BCUT2D eigenvalue weighted by Gasteiger charge is 2.38. The number of hydrogen-bond donors (Lipinski definition) is 1. The molecule has 1 aliphatic heterocycles. The van der Waals surface area contributed by atoms with Crippen LogP contribution < -0.4 is 4.90 Å². The van der Waals surface area contributed by atoms with Crippen molar-refractivity contribution in [3.05, 3.63) is 17.8 Å². The zero-order chi connectivity index (χ0) is 12.5. The van der Waals surface area contributed by atoms with E-state index in [1.807, 2.05) is 0 Å². The number of ether oxygens (including phenoxy) is 1. The van der Waals surface area contributed by atoms with Crippen LogP contribution in [0.25, 0.3) is 0 Å². The Kier molecular flexibility index (Phi) is 2.87. The molecule has 0 radical (unpaired) electrons. The van der Waals surface area contributed by atoms with Crippen LogP contribution in [0.3, 0.4) is 0 Å². The normalized spacial score (nSPS) is 27.0. The fraction of sp³-hybridized carbons (Fsp3) is 0.583. The minimum absolute atomic E-state index is 0.211. The molecule has 1 saturated heterocycles. The Bertz CT molecular complexity index is 466. The lowest BCUT2D eigenvalue weighted by molar-refractivity contribution is 0.0250. The van der Waals surface area contributed by atoms with Crippen molar-refractivity contribution in [2.24, 2.45) is 0 Å². The fourth-order valence-electron chi connectivity index (χ4n) is 2.89. The molecule has 2 unspecified atom stereocenters. The van der Waals surface area contributed by atoms with Gasteiger partial charge in [0.2, 0.25) is 0 Å². The number of aromatic nitrogens is 2. The standard InChI is InChI=1S/C12H15N3O3/c16-12(17)8-4-5-13-14-11(8)15-6-7-18-10-3-1-2-9(10)15/h4-5,9-10H,1-3,6-7H2,(H,16,17). The molecule has 96 valence electrons. The van der Waals surface area contributed by atoms with Crippen molar-refractivity contribution in [1.29, 1.82) is 0 Å². The molecule has 1 N–H and O–H groups in total. The van der Waals surface area contributed by atoms with Gasteiger partial charge in [-0.2, -0.15) is 5.10 Å². The summed E-state index contributed by atoms with van der Waals surface area (Å²) in [6, 6.07) is 1.75. The van der Waals surface area contributed by atoms with E-state index in [4.69, 9.17) is 4.74 Å². The molecule has 0 aromatic carbocycles. The first-order valence-electron chi connectivity index (χ1n) is 6.20. The summed E-state index contributed by atoms with van der Waals surface area (Å²) >= 11 is 0. The number of carboxylic acid groups (broad SMARTS) is 1. The minimum Gasteiger partial charge on any atom is -0.478 e. The predicted molar refractivity (Wildman–Crippen MR) is 63.7 cm³/mol. The lowest BCUT2D eigenvalue weighted by Gasteiger charge is -2.38. The summed E-state index contributed by atoms with van der Waals surface area (Å²) < 4.78 is 5.72. The van der Waals surface area contributed by atoms with Crippen LogP contribution in [0.15, 0.2) is 12.3 Å². The molecule has 6 nitrogen and oxygen atoms in total. The summed E-state index contributed by atoms with van der Waals surface area (Å²) in [5, 5.41) is 17.1. The summed E-state index contributed by atoms with van der Waals surface area (Å²) in [5.41, 5.74) is 0.220. The first-order chi connectivity index (χ1) is 8.77. The number of aromatic carboxylic acids is 1. The van der Waals surface area contributed by atoms with Gasteiger partial charge in [0.25, 0.3) is 0 Å². The van der Waals surface area contributed by atoms with Crippen molar-refractivity contribution < 1.29 is 14.6 Å². The van der Waals surface area contributed by atoms with Crippen molar-refractivity contribution in [1.82, 2.24) is 10.2 Å². The van der Waals surface area contributed by atoms with Crippen LogP contribution in [0.5, 0.6) is 0 Å². The Labute approximate surface area is 105 Å². The van der Waals surface area contributed by atoms with Gasteiger partial charge in [0, 0.05) is 6.54 Å². The van der Waals surface area contributed by atoms with E-state index in [1.54, 1.807) is 0 Å². The lowest BCUT2D eigenvalue weighted by atomic mass is 10.1. The zero-order valence-corrected chi connectivity index (χ0v) is 9.95. The van der Waals surface area contributed by atoms with Crippen LogP contribution in [0.2, 0.25) is 0 Å². The molecule has 1 saturated carbocycles. The van der Waals surface area contributed by atoms with Crippen LogP contribution in [0.1, 0.15) is 29.6 Å². The molecular formula is C12H15N3O3. The maximum atomic E-state index is 11.2. The highest BCUT2D eigenvalue weighted by molar-refractivity contribution is 5.93. The largest absolute Gasteiger partial charge is 0.478 e. The van der Waals surface area contributed by atoms with Crippen molar-refractivity contribution >= 4 is 11.8 Å². The average Bonchev–Trinajstić information content (AvgIpc) is 2.86. The Hall–Kier alpha value is -1.69. The van der Waals surface area contributed by atoms with Gasteiger partial charge in [-0.25, -0.2) is 4.79 Å². The van der Waals surface area contributed by atoms with Crippen LogP contribution in [0.4, 0.5) is 5.82 Å². The number of rotatable bonds is 2. The number of fused-ring (bicyclic) bond motifs is 1. The molecule has 2 atom stereocenters. The van der Waals surface area contributed by atoms with Crippen LogP contribution in [0, 0.1) is 0 Å². The molecule has 2 aliphatic rings. The molecule has 2 heterocycles. The minimum atomic E-state index is -0.957. The summed E-state index contributed by atoms with van der Waals surface area (Å²) in [6.45, 7) is 1.30. The second kappa shape index (κ2) is 4.53. The Balaban J connectivity index is 1.96. The highest BCUT2D eigenvalue weighted by Crippen LogP contribution is 2.33. The molecule has 1 aliphatic carbocycles. The summed E-state index contributed by atoms with van der Waals surface area (Å²) in [5.74, 6) is -0.480. The van der Waals surface area contributed by atoms with E-state index in [-0.39, 0.29) is 17.7 Å². The first kappa shape index (κ1) is 11.4. The smallest absolute Gasteiger partial charge is 0.339 e. The van der Waals surface area contributed by atoms with Gasteiger partial charge in [0.05, 0.1) is 24.9 Å². The SMILES string of the molecule is O=C(O)c1ccnnc1N1CCOC2CCCC21. The monoisotopic (exact) mass is 249 g/mol. The van der Waals surface area contributed by atoms with Gasteiger partial charge in [-0.1, -0.05) is 0 Å². The van der Waals surface area contributed by atoms with Gasteiger partial charge in [0.15, 0.2) is 5.82 Å². The third-order valence-corrected chi connectivity index (χ3v) is 3.69. The molecule has 18 heavy (non-hydrogen) atoms.